The molecule has 1 aliphatic heterocycles. The summed E-state index contributed by atoms with van der Waals surface area (Å²) in [6, 6.07) is 8.52. The summed E-state index contributed by atoms with van der Waals surface area (Å²) < 4.78 is 0. The SMILES string of the molecule is CB1C=Cc2ccccc2N1CCCCl. The van der Waals surface area contributed by atoms with Crippen molar-refractivity contribution in [1.82, 2.24) is 0 Å². The lowest BCUT2D eigenvalue weighted by atomic mass is 9.60. The lowest BCUT2D eigenvalue weighted by Crippen LogP contribution is -2.38. The molecular formula is C12H15BClN. The monoisotopic (exact) mass is 219 g/mol. The first-order valence-electron chi connectivity index (χ1n) is 5.43. The molecule has 3 heteroatoms. The first kappa shape index (κ1) is 10.6. The van der Waals surface area contributed by atoms with Gasteiger partial charge in [-0.25, -0.2) is 0 Å². The van der Waals surface area contributed by atoms with E-state index < -0.39 is 0 Å². The standard InChI is InChI=1S/C12H15BClN/c1-13-8-7-11-5-2-3-6-12(11)15(13)10-4-9-14/h2-3,5-8H,4,9-10H2,1H3. The van der Waals surface area contributed by atoms with E-state index in [1.165, 1.54) is 11.3 Å². The van der Waals surface area contributed by atoms with Crippen LogP contribution in [-0.2, 0) is 0 Å². The predicted molar refractivity (Wildman–Crippen MR) is 69.8 cm³/mol. The van der Waals surface area contributed by atoms with Gasteiger partial charge in [-0.15, -0.1) is 11.6 Å². The number of fused-ring (bicyclic) bond motifs is 1. The molecule has 0 saturated carbocycles. The van der Waals surface area contributed by atoms with Gasteiger partial charge in [0, 0.05) is 18.1 Å². The molecular weight excluding hydrogens is 204 g/mol. The van der Waals surface area contributed by atoms with Crippen molar-refractivity contribution in [3.63, 3.8) is 0 Å². The van der Waals surface area contributed by atoms with Crippen LogP contribution < -0.4 is 4.81 Å². The lowest BCUT2D eigenvalue weighted by Gasteiger charge is -2.32. The average Bonchev–Trinajstić information content (AvgIpc) is 2.28. The molecule has 2 rings (SSSR count). The minimum absolute atomic E-state index is 0.475. The lowest BCUT2D eigenvalue weighted by molar-refractivity contribution is 0.917. The van der Waals surface area contributed by atoms with Crippen LogP contribution in [0, 0.1) is 0 Å². The average molecular weight is 220 g/mol. The Morgan fingerprint density at radius 3 is 2.93 bits per heavy atom. The van der Waals surface area contributed by atoms with E-state index in [1.807, 2.05) is 0 Å². The Balaban J connectivity index is 2.26. The molecule has 0 spiro atoms. The van der Waals surface area contributed by atoms with Gasteiger partial charge in [0.05, 0.1) is 0 Å². The van der Waals surface area contributed by atoms with Crippen LogP contribution in [0.3, 0.4) is 0 Å². The largest absolute Gasteiger partial charge is 0.411 e. The highest BCUT2D eigenvalue weighted by molar-refractivity contribution is 6.68. The van der Waals surface area contributed by atoms with E-state index in [4.69, 9.17) is 11.6 Å². The molecule has 1 heterocycles. The Hall–Kier alpha value is -0.885. The van der Waals surface area contributed by atoms with E-state index in [0.717, 1.165) is 18.8 Å². The minimum atomic E-state index is 0.475. The summed E-state index contributed by atoms with van der Waals surface area (Å²) >= 11 is 5.75. The number of rotatable bonds is 3. The quantitative estimate of drug-likeness (QED) is 0.557. The smallest absolute Gasteiger partial charge is 0.277 e. The molecule has 1 nitrogen and oxygen atoms in total. The fourth-order valence-electron chi connectivity index (χ4n) is 2.01. The third kappa shape index (κ3) is 2.20. The topological polar surface area (TPSA) is 3.24 Å². The highest BCUT2D eigenvalue weighted by atomic mass is 35.5. The number of alkyl halides is 1. The zero-order valence-corrected chi connectivity index (χ0v) is 9.74. The molecule has 0 unspecified atom stereocenters. The van der Waals surface area contributed by atoms with Gasteiger partial charge in [0.15, 0.2) is 0 Å². The van der Waals surface area contributed by atoms with E-state index in [2.05, 4.69) is 48.0 Å². The van der Waals surface area contributed by atoms with E-state index in [9.17, 15) is 0 Å². The number of para-hydroxylation sites is 1. The summed E-state index contributed by atoms with van der Waals surface area (Å²) in [5, 5.41) is 0. The molecule has 0 aromatic heterocycles. The molecule has 0 bridgehead atoms. The second-order valence-electron chi connectivity index (χ2n) is 3.89. The number of hydrogen-bond acceptors (Lipinski definition) is 1. The van der Waals surface area contributed by atoms with Gasteiger partial charge in [-0.05, 0) is 18.1 Å². The molecule has 0 radical (unpaired) electrons. The van der Waals surface area contributed by atoms with Gasteiger partial charge in [-0.2, -0.15) is 0 Å². The van der Waals surface area contributed by atoms with Crippen LogP contribution >= 0.6 is 11.6 Å². The molecule has 1 aromatic carbocycles. The zero-order valence-electron chi connectivity index (χ0n) is 8.99. The Bertz CT molecular complexity index is 364. The van der Waals surface area contributed by atoms with Crippen LogP contribution in [0.1, 0.15) is 12.0 Å². The number of benzene rings is 1. The fraction of sp³-hybridized carbons (Fsp3) is 0.333. The number of hydrogen-bond donors (Lipinski definition) is 0. The third-order valence-corrected chi connectivity index (χ3v) is 3.09. The van der Waals surface area contributed by atoms with Gasteiger partial charge in [0.2, 0.25) is 0 Å². The van der Waals surface area contributed by atoms with Crippen molar-refractivity contribution in [3.05, 3.63) is 35.8 Å². The van der Waals surface area contributed by atoms with E-state index in [-0.39, 0.29) is 0 Å². The summed E-state index contributed by atoms with van der Waals surface area (Å²) in [5.41, 5.74) is 2.64. The van der Waals surface area contributed by atoms with Gasteiger partial charge >= 0.3 is 0 Å². The van der Waals surface area contributed by atoms with Crippen molar-refractivity contribution in [2.45, 2.75) is 13.2 Å². The summed E-state index contributed by atoms with van der Waals surface area (Å²) in [6.07, 6.45) is 3.24. The predicted octanol–water partition coefficient (Wildman–Crippen LogP) is 3.31. The summed E-state index contributed by atoms with van der Waals surface area (Å²) in [5.74, 6) is 2.98. The van der Waals surface area contributed by atoms with Crippen LogP contribution in [0.15, 0.2) is 30.2 Å². The Kier molecular flexibility index (Phi) is 3.37. The van der Waals surface area contributed by atoms with E-state index in [0.29, 0.717) is 6.85 Å². The van der Waals surface area contributed by atoms with Gasteiger partial charge in [0.25, 0.3) is 6.85 Å². The Labute approximate surface area is 96.8 Å². The zero-order chi connectivity index (χ0) is 10.7. The summed E-state index contributed by atoms with van der Waals surface area (Å²) in [4.78, 5) is 2.41. The molecule has 0 aliphatic carbocycles. The van der Waals surface area contributed by atoms with Gasteiger partial charge in [-0.3, -0.25) is 0 Å². The molecule has 78 valence electrons. The molecule has 0 fully saturated rings. The van der Waals surface area contributed by atoms with Gasteiger partial charge in [0.1, 0.15) is 0 Å². The number of anilines is 1. The molecule has 1 aliphatic rings. The number of nitrogens with zero attached hydrogens (tertiary/aromatic N) is 1. The molecule has 0 N–H and O–H groups in total. The van der Waals surface area contributed by atoms with Crippen molar-refractivity contribution in [3.8, 4) is 0 Å². The number of halogens is 1. The van der Waals surface area contributed by atoms with Crippen molar-refractivity contribution >= 4 is 30.2 Å². The third-order valence-electron chi connectivity index (χ3n) is 2.82. The summed E-state index contributed by atoms with van der Waals surface area (Å²) in [6.45, 7) is 3.73. The highest BCUT2D eigenvalue weighted by Gasteiger charge is 2.20. The van der Waals surface area contributed by atoms with Crippen LogP contribution in [0.2, 0.25) is 6.82 Å². The van der Waals surface area contributed by atoms with Crippen molar-refractivity contribution in [2.24, 2.45) is 0 Å². The van der Waals surface area contributed by atoms with Gasteiger partial charge in [-0.1, -0.05) is 37.1 Å². The molecule has 0 amide bonds. The molecule has 0 atom stereocenters. The van der Waals surface area contributed by atoms with E-state index >= 15 is 0 Å². The van der Waals surface area contributed by atoms with Crippen molar-refractivity contribution in [1.29, 1.82) is 0 Å². The maximum Gasteiger partial charge on any atom is 0.277 e. The van der Waals surface area contributed by atoms with Crippen LogP contribution in [0.25, 0.3) is 6.08 Å². The van der Waals surface area contributed by atoms with Crippen molar-refractivity contribution < 1.29 is 0 Å². The molecule has 1 aromatic rings. The molecule has 15 heavy (non-hydrogen) atoms. The normalized spacial score (nSPS) is 14.3. The van der Waals surface area contributed by atoms with Crippen LogP contribution in [0.4, 0.5) is 5.69 Å². The maximum absolute atomic E-state index is 5.75. The Morgan fingerprint density at radius 2 is 2.13 bits per heavy atom. The summed E-state index contributed by atoms with van der Waals surface area (Å²) in [7, 11) is 0. The molecule has 0 saturated heterocycles. The maximum atomic E-state index is 5.75. The first-order valence-corrected chi connectivity index (χ1v) is 5.96. The van der Waals surface area contributed by atoms with Gasteiger partial charge < -0.3 is 4.81 Å². The van der Waals surface area contributed by atoms with E-state index in [1.54, 1.807) is 0 Å². The Morgan fingerprint density at radius 1 is 1.33 bits per heavy atom. The second-order valence-corrected chi connectivity index (χ2v) is 4.27. The van der Waals surface area contributed by atoms with Crippen LogP contribution in [-0.4, -0.2) is 19.3 Å². The fourth-order valence-corrected chi connectivity index (χ4v) is 2.13. The first-order chi connectivity index (χ1) is 7.33. The second kappa shape index (κ2) is 4.76. The minimum Gasteiger partial charge on any atom is -0.411 e. The van der Waals surface area contributed by atoms with Crippen molar-refractivity contribution in [2.75, 3.05) is 17.2 Å². The van der Waals surface area contributed by atoms with Crippen LogP contribution in [0.5, 0.6) is 0 Å². The highest BCUT2D eigenvalue weighted by Crippen LogP contribution is 2.27.